The van der Waals surface area contributed by atoms with E-state index >= 15 is 0 Å². The number of aromatic nitrogens is 1. The maximum atomic E-state index is 9.97. The monoisotopic (exact) mass is 344 g/mol. The molecule has 2 rings (SSSR count). The molecule has 0 saturated carbocycles. The Bertz CT molecular complexity index is 680. The van der Waals surface area contributed by atoms with Gasteiger partial charge in [-0.25, -0.2) is 4.99 Å². The first-order valence-electron chi connectivity index (χ1n) is 8.03. The van der Waals surface area contributed by atoms with Crippen LogP contribution >= 0.6 is 0 Å². The SMILES string of the molecule is CCNC(=NCc1cc(OC)c(O)c(OC)c1)NCc1ccccn1. The van der Waals surface area contributed by atoms with E-state index in [1.807, 2.05) is 25.1 Å². The van der Waals surface area contributed by atoms with Gasteiger partial charge < -0.3 is 25.2 Å². The van der Waals surface area contributed by atoms with E-state index in [-0.39, 0.29) is 5.75 Å². The molecule has 0 aliphatic heterocycles. The molecular weight excluding hydrogens is 320 g/mol. The topological polar surface area (TPSA) is 88.0 Å². The molecule has 7 nitrogen and oxygen atoms in total. The predicted molar refractivity (Wildman–Crippen MR) is 97.1 cm³/mol. The number of phenolic OH excluding ortho intramolecular Hbond substituents is 1. The lowest BCUT2D eigenvalue weighted by Crippen LogP contribution is -2.37. The number of nitrogens with zero attached hydrogens (tertiary/aromatic N) is 2. The number of aliphatic imine (C=N–C) groups is 1. The summed E-state index contributed by atoms with van der Waals surface area (Å²) in [6, 6.07) is 9.26. The van der Waals surface area contributed by atoms with Crippen LogP contribution < -0.4 is 20.1 Å². The smallest absolute Gasteiger partial charge is 0.200 e. The van der Waals surface area contributed by atoms with E-state index in [9.17, 15) is 5.11 Å². The normalized spacial score (nSPS) is 11.1. The van der Waals surface area contributed by atoms with Crippen LogP contribution in [0.25, 0.3) is 0 Å². The van der Waals surface area contributed by atoms with Crippen molar-refractivity contribution in [2.75, 3.05) is 20.8 Å². The van der Waals surface area contributed by atoms with Gasteiger partial charge in [-0.2, -0.15) is 0 Å². The molecule has 1 heterocycles. The molecule has 2 aromatic rings. The number of benzene rings is 1. The minimum absolute atomic E-state index is 0.0158. The van der Waals surface area contributed by atoms with Crippen LogP contribution in [0.3, 0.4) is 0 Å². The molecule has 0 aliphatic carbocycles. The first kappa shape index (κ1) is 18.4. The first-order valence-corrected chi connectivity index (χ1v) is 8.03. The van der Waals surface area contributed by atoms with Gasteiger partial charge in [-0.05, 0) is 36.8 Å². The van der Waals surface area contributed by atoms with Crippen LogP contribution in [0, 0.1) is 0 Å². The molecule has 0 aliphatic rings. The zero-order valence-corrected chi connectivity index (χ0v) is 14.7. The number of hydrogen-bond donors (Lipinski definition) is 3. The molecule has 0 amide bonds. The molecule has 0 fully saturated rings. The summed E-state index contributed by atoms with van der Waals surface area (Å²) in [4.78, 5) is 8.83. The molecule has 3 N–H and O–H groups in total. The Balaban J connectivity index is 2.10. The molecule has 0 unspecified atom stereocenters. The minimum atomic E-state index is -0.0158. The Morgan fingerprint density at radius 1 is 1.16 bits per heavy atom. The van der Waals surface area contributed by atoms with Gasteiger partial charge in [-0.1, -0.05) is 6.07 Å². The van der Waals surface area contributed by atoms with Crippen molar-refractivity contribution in [2.24, 2.45) is 4.99 Å². The highest BCUT2D eigenvalue weighted by Crippen LogP contribution is 2.37. The zero-order valence-electron chi connectivity index (χ0n) is 14.7. The Morgan fingerprint density at radius 3 is 2.44 bits per heavy atom. The van der Waals surface area contributed by atoms with E-state index in [0.29, 0.717) is 30.5 Å². The number of hydrogen-bond acceptors (Lipinski definition) is 5. The van der Waals surface area contributed by atoms with E-state index in [1.165, 1.54) is 14.2 Å². The summed E-state index contributed by atoms with van der Waals surface area (Å²) in [7, 11) is 3.00. The van der Waals surface area contributed by atoms with Crippen LogP contribution in [0.4, 0.5) is 0 Å². The van der Waals surface area contributed by atoms with Crippen molar-refractivity contribution in [3.63, 3.8) is 0 Å². The lowest BCUT2D eigenvalue weighted by Gasteiger charge is -2.12. The lowest BCUT2D eigenvalue weighted by atomic mass is 10.2. The Hall–Kier alpha value is -2.96. The van der Waals surface area contributed by atoms with E-state index in [4.69, 9.17) is 9.47 Å². The third kappa shape index (κ3) is 5.27. The van der Waals surface area contributed by atoms with Gasteiger partial charge in [0.15, 0.2) is 17.5 Å². The third-order valence-corrected chi connectivity index (χ3v) is 3.47. The predicted octanol–water partition coefficient (Wildman–Crippen LogP) is 2.06. The van der Waals surface area contributed by atoms with Gasteiger partial charge in [0.2, 0.25) is 5.75 Å². The molecule has 0 spiro atoms. The van der Waals surface area contributed by atoms with Crippen LogP contribution in [0.15, 0.2) is 41.5 Å². The molecule has 0 radical (unpaired) electrons. The number of ether oxygens (including phenoxy) is 2. The summed E-state index contributed by atoms with van der Waals surface area (Å²) < 4.78 is 10.3. The molecule has 1 aromatic heterocycles. The highest BCUT2D eigenvalue weighted by molar-refractivity contribution is 5.79. The molecule has 0 saturated heterocycles. The molecule has 0 bridgehead atoms. The van der Waals surface area contributed by atoms with Crippen LogP contribution in [0.2, 0.25) is 0 Å². The fraction of sp³-hybridized carbons (Fsp3) is 0.333. The average molecular weight is 344 g/mol. The van der Waals surface area contributed by atoms with Gasteiger partial charge in [0.05, 0.1) is 33.0 Å². The number of rotatable bonds is 7. The summed E-state index contributed by atoms with van der Waals surface area (Å²) in [5.41, 5.74) is 1.79. The van der Waals surface area contributed by atoms with Gasteiger partial charge in [0.1, 0.15) is 0 Å². The highest BCUT2D eigenvalue weighted by Gasteiger charge is 2.11. The van der Waals surface area contributed by atoms with Gasteiger partial charge in [-0.3, -0.25) is 4.98 Å². The quantitative estimate of drug-likeness (QED) is 0.526. The van der Waals surface area contributed by atoms with E-state index < -0.39 is 0 Å². The molecular formula is C18H24N4O3. The van der Waals surface area contributed by atoms with E-state index in [0.717, 1.165) is 17.8 Å². The standard InChI is InChI=1S/C18H24N4O3/c1-4-19-18(22-12-14-7-5-6-8-20-14)21-11-13-9-15(24-2)17(23)16(10-13)25-3/h5-10,23H,4,11-12H2,1-3H3,(H2,19,21,22). The van der Waals surface area contributed by atoms with Crippen LogP contribution in [-0.4, -0.2) is 36.8 Å². The van der Waals surface area contributed by atoms with Crippen molar-refractivity contribution in [2.45, 2.75) is 20.0 Å². The van der Waals surface area contributed by atoms with Crippen LogP contribution in [-0.2, 0) is 13.1 Å². The number of methoxy groups -OCH3 is 2. The number of pyridine rings is 1. The summed E-state index contributed by atoms with van der Waals surface area (Å²) >= 11 is 0. The fourth-order valence-corrected chi connectivity index (χ4v) is 2.23. The Kier molecular flexibility index (Phi) is 6.88. The average Bonchev–Trinajstić information content (AvgIpc) is 2.65. The molecule has 1 aromatic carbocycles. The maximum Gasteiger partial charge on any atom is 0.200 e. The van der Waals surface area contributed by atoms with Crippen molar-refractivity contribution >= 4 is 5.96 Å². The lowest BCUT2D eigenvalue weighted by molar-refractivity contribution is 0.339. The van der Waals surface area contributed by atoms with Gasteiger partial charge >= 0.3 is 0 Å². The second-order valence-corrected chi connectivity index (χ2v) is 5.22. The summed E-state index contributed by atoms with van der Waals surface area (Å²) in [5, 5.41) is 16.4. The van der Waals surface area contributed by atoms with Gasteiger partial charge in [0, 0.05) is 12.7 Å². The van der Waals surface area contributed by atoms with Gasteiger partial charge in [-0.15, -0.1) is 0 Å². The number of nitrogens with one attached hydrogen (secondary N) is 2. The summed E-state index contributed by atoms with van der Waals surface area (Å²) in [6.07, 6.45) is 1.76. The zero-order chi connectivity index (χ0) is 18.1. The van der Waals surface area contributed by atoms with Crippen LogP contribution in [0.5, 0.6) is 17.2 Å². The maximum absolute atomic E-state index is 9.97. The van der Waals surface area contributed by atoms with Crippen molar-refractivity contribution in [1.29, 1.82) is 0 Å². The Morgan fingerprint density at radius 2 is 1.88 bits per heavy atom. The molecule has 25 heavy (non-hydrogen) atoms. The van der Waals surface area contributed by atoms with Crippen molar-refractivity contribution in [1.82, 2.24) is 15.6 Å². The van der Waals surface area contributed by atoms with Gasteiger partial charge in [0.25, 0.3) is 0 Å². The number of aromatic hydroxyl groups is 1. The number of guanidine groups is 1. The largest absolute Gasteiger partial charge is 0.502 e. The van der Waals surface area contributed by atoms with Crippen molar-refractivity contribution < 1.29 is 14.6 Å². The Labute approximate surface area is 147 Å². The first-order chi connectivity index (χ1) is 12.2. The van der Waals surface area contributed by atoms with E-state index in [2.05, 4.69) is 20.6 Å². The summed E-state index contributed by atoms with van der Waals surface area (Å²) in [6.45, 7) is 3.74. The molecule has 134 valence electrons. The summed E-state index contributed by atoms with van der Waals surface area (Å²) in [5.74, 6) is 1.38. The fourth-order valence-electron chi connectivity index (χ4n) is 2.23. The van der Waals surface area contributed by atoms with Crippen LogP contribution in [0.1, 0.15) is 18.2 Å². The third-order valence-electron chi connectivity index (χ3n) is 3.47. The van der Waals surface area contributed by atoms with Crippen molar-refractivity contribution in [3.05, 3.63) is 47.8 Å². The van der Waals surface area contributed by atoms with E-state index in [1.54, 1.807) is 18.3 Å². The van der Waals surface area contributed by atoms with Crippen molar-refractivity contribution in [3.8, 4) is 17.2 Å². The molecule has 7 heteroatoms. The highest BCUT2D eigenvalue weighted by atomic mass is 16.5. The second-order valence-electron chi connectivity index (χ2n) is 5.22. The number of phenols is 1. The minimum Gasteiger partial charge on any atom is -0.502 e. The molecule has 0 atom stereocenters. The second kappa shape index (κ2) is 9.36.